The molecule has 0 spiro atoms. The minimum absolute atomic E-state index is 0.0539. The van der Waals surface area contributed by atoms with Crippen LogP contribution in [0.2, 0.25) is 0 Å². The number of nitro groups is 1. The van der Waals surface area contributed by atoms with Crippen molar-refractivity contribution in [3.05, 3.63) is 32.8 Å². The number of rotatable bonds is 6. The van der Waals surface area contributed by atoms with Gasteiger partial charge in [0, 0.05) is 42.8 Å². The number of nitrogens with zero attached hydrogens (tertiary/aromatic N) is 3. The normalized spacial score (nSPS) is 15.2. The van der Waals surface area contributed by atoms with Crippen LogP contribution in [0.15, 0.2) is 22.7 Å². The Labute approximate surface area is 172 Å². The summed E-state index contributed by atoms with van der Waals surface area (Å²) in [5, 5.41) is 13.5. The maximum atomic E-state index is 12.3. The van der Waals surface area contributed by atoms with Crippen LogP contribution in [-0.4, -0.2) is 66.1 Å². The number of hydrogen-bond donors (Lipinski definition) is 1. The van der Waals surface area contributed by atoms with Crippen LogP contribution >= 0.6 is 15.9 Å². The molecule has 1 fully saturated rings. The van der Waals surface area contributed by atoms with Gasteiger partial charge in [0.05, 0.1) is 23.8 Å². The number of amides is 2. The molecule has 1 aliphatic rings. The minimum Gasteiger partial charge on any atom is -0.449 e. The maximum Gasteiger partial charge on any atom is 0.409 e. The van der Waals surface area contributed by atoms with Crippen molar-refractivity contribution in [1.82, 2.24) is 9.80 Å². The minimum atomic E-state index is -0.495. The number of nitrogens with one attached hydrogen (secondary N) is 1. The lowest BCUT2D eigenvalue weighted by molar-refractivity contribution is -0.384. The molecule has 10 heteroatoms. The molecule has 1 N–H and O–H groups in total. The molecule has 1 heterocycles. The molecule has 0 saturated carbocycles. The Morgan fingerprint density at radius 1 is 1.29 bits per heavy atom. The lowest BCUT2D eigenvalue weighted by Gasteiger charge is -2.21. The van der Waals surface area contributed by atoms with Crippen molar-refractivity contribution >= 4 is 39.3 Å². The van der Waals surface area contributed by atoms with Crippen LogP contribution in [0.4, 0.5) is 16.2 Å². The molecule has 1 aromatic carbocycles. The standard InChI is InChI=1S/C18H25BrN4O5/c1-13(2)12-28-18(25)22-7-3-6-21(8-9-22)11-17(24)20-16-5-4-14(23(26)27)10-15(16)19/h4-5,10,13H,3,6-9,11-12H2,1-2H3,(H,20,24). The first-order valence-electron chi connectivity index (χ1n) is 9.14. The van der Waals surface area contributed by atoms with E-state index in [-0.39, 0.29) is 30.2 Å². The summed E-state index contributed by atoms with van der Waals surface area (Å²) in [4.78, 5) is 38.4. The Bertz CT molecular complexity index is 728. The Morgan fingerprint density at radius 2 is 2.04 bits per heavy atom. The van der Waals surface area contributed by atoms with Crippen molar-refractivity contribution in [3.8, 4) is 0 Å². The average Bonchev–Trinajstić information content (AvgIpc) is 2.86. The number of non-ortho nitro benzene ring substituents is 1. The second-order valence-corrected chi connectivity index (χ2v) is 7.91. The highest BCUT2D eigenvalue weighted by molar-refractivity contribution is 9.10. The van der Waals surface area contributed by atoms with Gasteiger partial charge in [-0.25, -0.2) is 4.79 Å². The van der Waals surface area contributed by atoms with E-state index in [1.54, 1.807) is 4.90 Å². The highest BCUT2D eigenvalue weighted by Gasteiger charge is 2.22. The van der Waals surface area contributed by atoms with E-state index in [0.717, 1.165) is 6.42 Å². The molecule has 1 aromatic rings. The largest absolute Gasteiger partial charge is 0.449 e. The topological polar surface area (TPSA) is 105 Å². The number of carbonyl (C=O) groups is 2. The fourth-order valence-electron chi connectivity index (χ4n) is 2.75. The summed E-state index contributed by atoms with van der Waals surface area (Å²) < 4.78 is 5.72. The first-order valence-corrected chi connectivity index (χ1v) is 9.93. The monoisotopic (exact) mass is 456 g/mol. The van der Waals surface area contributed by atoms with E-state index in [0.29, 0.717) is 42.9 Å². The SMILES string of the molecule is CC(C)COC(=O)N1CCCN(CC(=O)Nc2ccc([N+](=O)[O-])cc2Br)CC1. The van der Waals surface area contributed by atoms with Crippen LogP contribution in [0.3, 0.4) is 0 Å². The molecule has 1 saturated heterocycles. The quantitative estimate of drug-likeness (QED) is 0.520. The first kappa shape index (κ1) is 22.1. The lowest BCUT2D eigenvalue weighted by atomic mass is 10.2. The van der Waals surface area contributed by atoms with Gasteiger partial charge in [-0.3, -0.25) is 19.8 Å². The molecule has 154 valence electrons. The van der Waals surface area contributed by atoms with Crippen LogP contribution in [0.1, 0.15) is 20.3 Å². The zero-order valence-electron chi connectivity index (χ0n) is 16.0. The third kappa shape index (κ3) is 6.75. The smallest absolute Gasteiger partial charge is 0.409 e. The van der Waals surface area contributed by atoms with Crippen LogP contribution in [0.25, 0.3) is 0 Å². The van der Waals surface area contributed by atoms with E-state index in [2.05, 4.69) is 21.2 Å². The fourth-order valence-corrected chi connectivity index (χ4v) is 3.22. The lowest BCUT2D eigenvalue weighted by Crippen LogP contribution is -2.38. The molecule has 0 bridgehead atoms. The van der Waals surface area contributed by atoms with Gasteiger partial charge in [-0.15, -0.1) is 0 Å². The number of anilines is 1. The van der Waals surface area contributed by atoms with Crippen molar-refractivity contribution in [2.45, 2.75) is 20.3 Å². The number of nitro benzene ring substituents is 1. The van der Waals surface area contributed by atoms with Crippen molar-refractivity contribution < 1.29 is 19.2 Å². The highest BCUT2D eigenvalue weighted by atomic mass is 79.9. The molecule has 9 nitrogen and oxygen atoms in total. The van der Waals surface area contributed by atoms with Gasteiger partial charge in [-0.2, -0.15) is 0 Å². The molecular weight excluding hydrogens is 432 g/mol. The average molecular weight is 457 g/mol. The van der Waals surface area contributed by atoms with Gasteiger partial charge in [0.1, 0.15) is 0 Å². The summed E-state index contributed by atoms with van der Waals surface area (Å²) >= 11 is 3.24. The number of halogens is 1. The van der Waals surface area contributed by atoms with Crippen molar-refractivity contribution in [3.63, 3.8) is 0 Å². The molecule has 2 amide bonds. The number of hydrogen-bond acceptors (Lipinski definition) is 6. The molecule has 0 radical (unpaired) electrons. The molecule has 2 rings (SSSR count). The van der Waals surface area contributed by atoms with Crippen molar-refractivity contribution in [2.75, 3.05) is 44.6 Å². The van der Waals surface area contributed by atoms with E-state index >= 15 is 0 Å². The Morgan fingerprint density at radius 3 is 2.68 bits per heavy atom. The second-order valence-electron chi connectivity index (χ2n) is 7.06. The van der Waals surface area contributed by atoms with E-state index in [1.165, 1.54) is 18.2 Å². The van der Waals surface area contributed by atoms with Crippen LogP contribution in [-0.2, 0) is 9.53 Å². The van der Waals surface area contributed by atoms with E-state index in [1.807, 2.05) is 18.7 Å². The number of carbonyl (C=O) groups excluding carboxylic acids is 2. The number of ether oxygens (including phenoxy) is 1. The third-order valence-electron chi connectivity index (χ3n) is 4.19. The molecule has 0 aliphatic carbocycles. The maximum absolute atomic E-state index is 12.3. The van der Waals surface area contributed by atoms with Gasteiger partial charge in [0.15, 0.2) is 0 Å². The molecule has 0 atom stereocenters. The first-order chi connectivity index (χ1) is 13.3. The zero-order valence-corrected chi connectivity index (χ0v) is 17.6. The summed E-state index contributed by atoms with van der Waals surface area (Å²) in [6.45, 7) is 6.92. The van der Waals surface area contributed by atoms with Gasteiger partial charge < -0.3 is 15.0 Å². The summed E-state index contributed by atoms with van der Waals surface area (Å²) in [6.07, 6.45) is 0.445. The van der Waals surface area contributed by atoms with E-state index in [9.17, 15) is 19.7 Å². The number of benzene rings is 1. The Kier molecular flexibility index (Phi) is 8.18. The summed E-state index contributed by atoms with van der Waals surface area (Å²) in [6, 6.07) is 4.18. The molecule has 0 unspecified atom stereocenters. The summed E-state index contributed by atoms with van der Waals surface area (Å²) in [7, 11) is 0. The summed E-state index contributed by atoms with van der Waals surface area (Å²) in [5.74, 6) is 0.0697. The summed E-state index contributed by atoms with van der Waals surface area (Å²) in [5.41, 5.74) is 0.422. The fraction of sp³-hybridized carbons (Fsp3) is 0.556. The van der Waals surface area contributed by atoms with E-state index < -0.39 is 4.92 Å². The van der Waals surface area contributed by atoms with Crippen LogP contribution < -0.4 is 5.32 Å². The van der Waals surface area contributed by atoms with Gasteiger partial charge in [-0.05, 0) is 34.3 Å². The van der Waals surface area contributed by atoms with Gasteiger partial charge >= 0.3 is 6.09 Å². The second kappa shape index (κ2) is 10.4. The molecule has 28 heavy (non-hydrogen) atoms. The third-order valence-corrected chi connectivity index (χ3v) is 4.85. The van der Waals surface area contributed by atoms with Crippen molar-refractivity contribution in [1.29, 1.82) is 0 Å². The van der Waals surface area contributed by atoms with E-state index in [4.69, 9.17) is 4.74 Å². The Balaban J connectivity index is 1.84. The molecule has 0 aromatic heterocycles. The van der Waals surface area contributed by atoms with Gasteiger partial charge in [0.25, 0.3) is 5.69 Å². The molecular formula is C18H25BrN4O5. The highest BCUT2D eigenvalue weighted by Crippen LogP contribution is 2.27. The predicted octanol–water partition coefficient (Wildman–Crippen LogP) is 3.10. The zero-order chi connectivity index (χ0) is 20.7. The molecule has 1 aliphatic heterocycles. The van der Waals surface area contributed by atoms with Crippen LogP contribution in [0, 0.1) is 16.0 Å². The predicted molar refractivity (Wildman–Crippen MR) is 108 cm³/mol. The van der Waals surface area contributed by atoms with Crippen molar-refractivity contribution in [2.24, 2.45) is 5.92 Å². The van der Waals surface area contributed by atoms with Gasteiger partial charge in [0.2, 0.25) is 5.91 Å². The van der Waals surface area contributed by atoms with Crippen LogP contribution in [0.5, 0.6) is 0 Å². The van der Waals surface area contributed by atoms with Gasteiger partial charge in [-0.1, -0.05) is 13.8 Å². The Hall–Kier alpha value is -2.20.